The van der Waals surface area contributed by atoms with E-state index in [1.165, 1.54) is 19.3 Å². The number of piperidine rings is 1. The molecule has 1 unspecified atom stereocenters. The van der Waals surface area contributed by atoms with Crippen molar-refractivity contribution in [3.05, 3.63) is 36.1 Å². The monoisotopic (exact) mass is 355 g/mol. The van der Waals surface area contributed by atoms with E-state index in [1.807, 2.05) is 29.2 Å². The van der Waals surface area contributed by atoms with Crippen LogP contribution in [0.5, 0.6) is 5.75 Å². The van der Waals surface area contributed by atoms with Gasteiger partial charge in [0.1, 0.15) is 11.4 Å². The van der Waals surface area contributed by atoms with Crippen LogP contribution in [0.2, 0.25) is 0 Å². The quantitative estimate of drug-likeness (QED) is 0.844. The van der Waals surface area contributed by atoms with Crippen molar-refractivity contribution in [3.8, 4) is 17.0 Å². The normalized spacial score (nSPS) is 21.1. The number of carbonyl (C=O) groups excluding carboxylic acids is 1. The molecule has 6 nitrogen and oxygen atoms in total. The maximum atomic E-state index is 12.9. The summed E-state index contributed by atoms with van der Waals surface area (Å²) < 4.78 is 10.5. The molecule has 26 heavy (non-hydrogen) atoms. The number of ether oxygens (including phenoxy) is 1. The van der Waals surface area contributed by atoms with Gasteiger partial charge in [0.05, 0.1) is 7.11 Å². The lowest BCUT2D eigenvalue weighted by atomic mass is 10.0. The Hall–Kier alpha value is -2.34. The molecule has 2 aliphatic rings. The van der Waals surface area contributed by atoms with Crippen LogP contribution in [0.15, 0.2) is 34.9 Å². The maximum absolute atomic E-state index is 12.9. The third kappa shape index (κ3) is 3.46. The van der Waals surface area contributed by atoms with Gasteiger partial charge in [0.25, 0.3) is 5.91 Å². The van der Waals surface area contributed by atoms with E-state index in [9.17, 15) is 4.79 Å². The molecule has 0 saturated carbocycles. The van der Waals surface area contributed by atoms with E-state index in [-0.39, 0.29) is 5.91 Å². The number of hydrogen-bond acceptors (Lipinski definition) is 5. The van der Waals surface area contributed by atoms with Crippen LogP contribution in [0.1, 0.15) is 36.2 Å². The van der Waals surface area contributed by atoms with Gasteiger partial charge in [-0.2, -0.15) is 0 Å². The molecule has 1 atom stereocenters. The number of carbonyl (C=O) groups is 1. The Morgan fingerprint density at radius 2 is 1.92 bits per heavy atom. The lowest BCUT2D eigenvalue weighted by molar-refractivity contribution is 0.0569. The molecule has 2 saturated heterocycles. The number of nitrogens with zero attached hydrogens (tertiary/aromatic N) is 3. The zero-order valence-corrected chi connectivity index (χ0v) is 15.2. The molecule has 0 bridgehead atoms. The van der Waals surface area contributed by atoms with E-state index in [2.05, 4.69) is 10.1 Å². The number of aromatic nitrogens is 1. The highest BCUT2D eigenvalue weighted by molar-refractivity contribution is 5.92. The minimum absolute atomic E-state index is 0.0545. The molecule has 6 heteroatoms. The summed E-state index contributed by atoms with van der Waals surface area (Å²) in [4.78, 5) is 17.3. The summed E-state index contributed by atoms with van der Waals surface area (Å²) in [6.07, 6.45) is 4.78. The minimum atomic E-state index is -0.0545. The standard InChI is InChI=1S/C20H25N3O3/c1-25-17-8-6-15(7-9-17)18-13-19(26-21-18)20(24)23-12-4-5-16(14-23)22-10-2-3-11-22/h6-9,13,16H,2-5,10-12,14H2,1H3. The van der Waals surface area contributed by atoms with Crippen LogP contribution >= 0.6 is 0 Å². The zero-order chi connectivity index (χ0) is 17.9. The summed E-state index contributed by atoms with van der Waals surface area (Å²) >= 11 is 0. The van der Waals surface area contributed by atoms with Crippen LogP contribution in [-0.4, -0.2) is 60.2 Å². The Morgan fingerprint density at radius 3 is 2.65 bits per heavy atom. The molecular weight excluding hydrogens is 330 g/mol. The molecule has 0 radical (unpaired) electrons. The Morgan fingerprint density at radius 1 is 1.15 bits per heavy atom. The van der Waals surface area contributed by atoms with E-state index < -0.39 is 0 Å². The Labute approximate surface area is 153 Å². The molecular formula is C20H25N3O3. The molecule has 138 valence electrons. The summed E-state index contributed by atoms with van der Waals surface area (Å²) in [7, 11) is 1.63. The minimum Gasteiger partial charge on any atom is -0.497 e. The molecule has 0 aliphatic carbocycles. The highest BCUT2D eigenvalue weighted by atomic mass is 16.5. The van der Waals surface area contributed by atoms with Crippen molar-refractivity contribution in [1.29, 1.82) is 0 Å². The molecule has 0 spiro atoms. The second-order valence-electron chi connectivity index (χ2n) is 7.10. The fraction of sp³-hybridized carbons (Fsp3) is 0.500. The highest BCUT2D eigenvalue weighted by Crippen LogP contribution is 2.25. The first-order valence-electron chi connectivity index (χ1n) is 9.39. The first-order chi connectivity index (χ1) is 12.7. The summed E-state index contributed by atoms with van der Waals surface area (Å²) in [5.41, 5.74) is 1.58. The first-order valence-corrected chi connectivity index (χ1v) is 9.39. The molecule has 0 N–H and O–H groups in total. The van der Waals surface area contributed by atoms with Gasteiger partial charge in [-0.25, -0.2) is 0 Å². The summed E-state index contributed by atoms with van der Waals surface area (Å²) in [5, 5.41) is 4.08. The number of hydrogen-bond donors (Lipinski definition) is 0. The van der Waals surface area contributed by atoms with Gasteiger partial charge in [-0.15, -0.1) is 0 Å². The third-order valence-electron chi connectivity index (χ3n) is 5.45. The number of likely N-dealkylation sites (tertiary alicyclic amines) is 2. The molecule has 1 aromatic heterocycles. The van der Waals surface area contributed by atoms with Crippen LogP contribution in [0, 0.1) is 0 Å². The van der Waals surface area contributed by atoms with Crippen LogP contribution < -0.4 is 4.74 Å². The van der Waals surface area contributed by atoms with Gasteiger partial charge in [0.15, 0.2) is 0 Å². The smallest absolute Gasteiger partial charge is 0.292 e. The van der Waals surface area contributed by atoms with Gasteiger partial charge in [-0.05, 0) is 63.0 Å². The second-order valence-corrected chi connectivity index (χ2v) is 7.10. The van der Waals surface area contributed by atoms with Crippen molar-refractivity contribution in [2.45, 2.75) is 31.7 Å². The SMILES string of the molecule is COc1ccc(-c2cc(C(=O)N3CCCC(N4CCCC4)C3)on2)cc1. The van der Waals surface area contributed by atoms with Crippen LogP contribution in [0.3, 0.4) is 0 Å². The lowest BCUT2D eigenvalue weighted by Crippen LogP contribution is -2.48. The fourth-order valence-corrected chi connectivity index (χ4v) is 3.97. The van der Waals surface area contributed by atoms with Crippen molar-refractivity contribution in [2.24, 2.45) is 0 Å². The molecule has 4 rings (SSSR count). The number of benzene rings is 1. The van der Waals surface area contributed by atoms with Gasteiger partial charge in [0, 0.05) is 30.8 Å². The topological polar surface area (TPSA) is 58.8 Å². The third-order valence-corrected chi connectivity index (χ3v) is 5.45. The summed E-state index contributed by atoms with van der Waals surface area (Å²) in [5.74, 6) is 1.05. The maximum Gasteiger partial charge on any atom is 0.292 e. The molecule has 1 aromatic carbocycles. The van der Waals surface area contributed by atoms with Crippen LogP contribution in [-0.2, 0) is 0 Å². The van der Waals surface area contributed by atoms with Crippen molar-refractivity contribution < 1.29 is 14.1 Å². The highest BCUT2D eigenvalue weighted by Gasteiger charge is 2.31. The van der Waals surface area contributed by atoms with Crippen molar-refractivity contribution in [2.75, 3.05) is 33.3 Å². The predicted molar refractivity (Wildman–Crippen MR) is 98.2 cm³/mol. The Kier molecular flexibility index (Phi) is 4.93. The average molecular weight is 355 g/mol. The second kappa shape index (κ2) is 7.50. The summed E-state index contributed by atoms with van der Waals surface area (Å²) in [6, 6.07) is 9.79. The van der Waals surface area contributed by atoms with Crippen molar-refractivity contribution in [3.63, 3.8) is 0 Å². The molecule has 2 aromatic rings. The van der Waals surface area contributed by atoms with Gasteiger partial charge in [-0.3, -0.25) is 9.69 Å². The van der Waals surface area contributed by atoms with E-state index in [4.69, 9.17) is 9.26 Å². The van der Waals surface area contributed by atoms with E-state index >= 15 is 0 Å². The molecule has 1 amide bonds. The lowest BCUT2D eigenvalue weighted by Gasteiger charge is -2.37. The van der Waals surface area contributed by atoms with Gasteiger partial charge in [-0.1, -0.05) is 5.16 Å². The van der Waals surface area contributed by atoms with E-state index in [0.29, 0.717) is 17.5 Å². The number of rotatable bonds is 4. The first kappa shape index (κ1) is 17.1. The van der Waals surface area contributed by atoms with Gasteiger partial charge >= 0.3 is 0 Å². The van der Waals surface area contributed by atoms with Crippen LogP contribution in [0.4, 0.5) is 0 Å². The van der Waals surface area contributed by atoms with Gasteiger partial charge in [0.2, 0.25) is 5.76 Å². The van der Waals surface area contributed by atoms with Crippen molar-refractivity contribution in [1.82, 2.24) is 15.0 Å². The Bertz CT molecular complexity index is 750. The largest absolute Gasteiger partial charge is 0.497 e. The fourth-order valence-electron chi connectivity index (χ4n) is 3.97. The average Bonchev–Trinajstić information content (AvgIpc) is 3.40. The molecule has 2 aliphatic heterocycles. The zero-order valence-electron chi connectivity index (χ0n) is 15.2. The van der Waals surface area contributed by atoms with Crippen LogP contribution in [0.25, 0.3) is 11.3 Å². The molecule has 2 fully saturated rings. The molecule has 3 heterocycles. The summed E-state index contributed by atoms with van der Waals surface area (Å²) in [6.45, 7) is 3.91. The van der Waals surface area contributed by atoms with E-state index in [1.54, 1.807) is 13.2 Å². The van der Waals surface area contributed by atoms with Crippen molar-refractivity contribution >= 4 is 5.91 Å². The number of methoxy groups -OCH3 is 1. The Balaban J connectivity index is 1.45. The number of amides is 1. The van der Waals surface area contributed by atoms with Gasteiger partial charge < -0.3 is 14.2 Å². The van der Waals surface area contributed by atoms with E-state index in [0.717, 1.165) is 43.9 Å². The predicted octanol–water partition coefficient (Wildman–Crippen LogP) is 3.05.